The molecule has 100 valence electrons. The largest absolute Gasteiger partial charge is 0.497 e. The monoisotopic (exact) mass is 262 g/mol. The number of aromatic nitrogens is 3. The third kappa shape index (κ3) is 3.70. The molecular weight excluding hydrogens is 248 g/mol. The van der Waals surface area contributed by atoms with Gasteiger partial charge in [-0.05, 0) is 31.2 Å². The number of benzene rings is 1. The van der Waals surface area contributed by atoms with Crippen LogP contribution in [0.5, 0.6) is 11.5 Å². The van der Waals surface area contributed by atoms with Crippen molar-refractivity contribution in [2.45, 2.75) is 6.92 Å². The molecule has 7 nitrogen and oxygen atoms in total. The molecule has 0 fully saturated rings. The van der Waals surface area contributed by atoms with Gasteiger partial charge in [0.15, 0.2) is 6.61 Å². The van der Waals surface area contributed by atoms with Crippen molar-refractivity contribution in [2.75, 3.05) is 19.0 Å². The Morgan fingerprint density at radius 1 is 1.32 bits per heavy atom. The molecule has 0 spiro atoms. The first kappa shape index (κ1) is 12.9. The molecule has 0 aliphatic carbocycles. The van der Waals surface area contributed by atoms with Crippen molar-refractivity contribution in [1.82, 2.24) is 15.2 Å². The van der Waals surface area contributed by atoms with Crippen LogP contribution in [-0.2, 0) is 4.79 Å². The standard InChI is InChI=1S/C12H14N4O3/c1-8-13-12(16-15-8)14-11(17)7-19-10-5-3-9(18-2)4-6-10/h3-6H,7H2,1-2H3,(H2,13,14,15,16,17). The molecule has 1 amide bonds. The van der Waals surface area contributed by atoms with Gasteiger partial charge in [-0.15, -0.1) is 5.10 Å². The topological polar surface area (TPSA) is 89.1 Å². The molecule has 19 heavy (non-hydrogen) atoms. The van der Waals surface area contributed by atoms with E-state index in [1.54, 1.807) is 38.3 Å². The lowest BCUT2D eigenvalue weighted by molar-refractivity contribution is -0.118. The van der Waals surface area contributed by atoms with Crippen LogP contribution in [0.25, 0.3) is 0 Å². The number of amides is 1. The van der Waals surface area contributed by atoms with Gasteiger partial charge in [0, 0.05) is 0 Å². The SMILES string of the molecule is COc1ccc(OCC(=O)Nc2n[nH]c(C)n2)cc1. The highest BCUT2D eigenvalue weighted by molar-refractivity contribution is 5.90. The van der Waals surface area contributed by atoms with Gasteiger partial charge in [0.1, 0.15) is 17.3 Å². The summed E-state index contributed by atoms with van der Waals surface area (Å²) < 4.78 is 10.3. The molecule has 7 heteroatoms. The minimum atomic E-state index is -0.324. The van der Waals surface area contributed by atoms with E-state index in [1.165, 1.54) is 0 Å². The van der Waals surface area contributed by atoms with Crippen LogP contribution in [0, 0.1) is 6.92 Å². The Hall–Kier alpha value is -2.57. The molecule has 0 saturated carbocycles. The van der Waals surface area contributed by atoms with Crippen LogP contribution in [0.4, 0.5) is 5.95 Å². The number of nitrogens with one attached hydrogen (secondary N) is 2. The molecule has 0 aliphatic heterocycles. The fourth-order valence-corrected chi connectivity index (χ4v) is 1.38. The van der Waals surface area contributed by atoms with E-state index in [4.69, 9.17) is 9.47 Å². The third-order valence-electron chi connectivity index (χ3n) is 2.28. The Balaban J connectivity index is 1.82. The number of rotatable bonds is 5. The first-order valence-electron chi connectivity index (χ1n) is 5.63. The van der Waals surface area contributed by atoms with E-state index in [-0.39, 0.29) is 18.5 Å². The second-order valence-corrected chi connectivity index (χ2v) is 3.76. The van der Waals surface area contributed by atoms with E-state index < -0.39 is 0 Å². The summed E-state index contributed by atoms with van der Waals surface area (Å²) in [5, 5.41) is 8.94. The fourth-order valence-electron chi connectivity index (χ4n) is 1.38. The predicted octanol–water partition coefficient (Wildman–Crippen LogP) is 1.14. The van der Waals surface area contributed by atoms with E-state index in [0.717, 1.165) is 5.75 Å². The van der Waals surface area contributed by atoms with Crippen molar-refractivity contribution in [2.24, 2.45) is 0 Å². The van der Waals surface area contributed by atoms with E-state index in [1.807, 2.05) is 0 Å². The van der Waals surface area contributed by atoms with Crippen molar-refractivity contribution in [3.8, 4) is 11.5 Å². The first-order chi connectivity index (χ1) is 9.17. The Labute approximate surface area is 110 Å². The van der Waals surface area contributed by atoms with E-state index in [0.29, 0.717) is 11.6 Å². The first-order valence-corrected chi connectivity index (χ1v) is 5.63. The van der Waals surface area contributed by atoms with Crippen molar-refractivity contribution < 1.29 is 14.3 Å². The number of hydrogen-bond acceptors (Lipinski definition) is 5. The molecule has 0 saturated heterocycles. The van der Waals surface area contributed by atoms with Gasteiger partial charge in [-0.1, -0.05) is 0 Å². The lowest BCUT2D eigenvalue weighted by atomic mass is 10.3. The van der Waals surface area contributed by atoms with Gasteiger partial charge in [-0.25, -0.2) is 0 Å². The number of carbonyl (C=O) groups is 1. The molecule has 0 unspecified atom stereocenters. The fraction of sp³-hybridized carbons (Fsp3) is 0.250. The van der Waals surface area contributed by atoms with Crippen LogP contribution >= 0.6 is 0 Å². The quantitative estimate of drug-likeness (QED) is 0.843. The minimum Gasteiger partial charge on any atom is -0.497 e. The molecule has 2 rings (SSSR count). The lowest BCUT2D eigenvalue weighted by Gasteiger charge is -2.06. The maximum absolute atomic E-state index is 11.6. The Morgan fingerprint density at radius 2 is 2.00 bits per heavy atom. The summed E-state index contributed by atoms with van der Waals surface area (Å²) in [5.41, 5.74) is 0. The molecule has 0 radical (unpaired) electrons. The minimum absolute atomic E-state index is 0.111. The van der Waals surface area contributed by atoms with Crippen molar-refractivity contribution >= 4 is 11.9 Å². The van der Waals surface area contributed by atoms with E-state index >= 15 is 0 Å². The normalized spacial score (nSPS) is 10.0. The second-order valence-electron chi connectivity index (χ2n) is 3.76. The summed E-state index contributed by atoms with van der Waals surface area (Å²) in [6, 6.07) is 6.96. The molecule has 2 N–H and O–H groups in total. The highest BCUT2D eigenvalue weighted by Crippen LogP contribution is 2.16. The Morgan fingerprint density at radius 3 is 2.58 bits per heavy atom. The molecule has 0 bridgehead atoms. The molecular formula is C12H14N4O3. The molecule has 1 aromatic carbocycles. The number of aromatic amines is 1. The van der Waals surface area contributed by atoms with Gasteiger partial charge in [-0.3, -0.25) is 15.2 Å². The van der Waals surface area contributed by atoms with Gasteiger partial charge in [0.2, 0.25) is 5.95 Å². The Bertz CT molecular complexity index is 550. The number of ether oxygens (including phenoxy) is 2. The molecule has 0 aliphatic rings. The number of carbonyl (C=O) groups excluding carboxylic acids is 1. The summed E-state index contributed by atoms with van der Waals surface area (Å²) in [6.45, 7) is 1.64. The van der Waals surface area contributed by atoms with Gasteiger partial charge in [0.25, 0.3) is 5.91 Å². The van der Waals surface area contributed by atoms with Crippen molar-refractivity contribution in [3.05, 3.63) is 30.1 Å². The van der Waals surface area contributed by atoms with E-state index in [9.17, 15) is 4.79 Å². The zero-order chi connectivity index (χ0) is 13.7. The van der Waals surface area contributed by atoms with Crippen LogP contribution in [-0.4, -0.2) is 34.8 Å². The average molecular weight is 262 g/mol. The number of nitrogens with zero attached hydrogens (tertiary/aromatic N) is 2. The summed E-state index contributed by atoms with van der Waals surface area (Å²) in [6.07, 6.45) is 0. The average Bonchev–Trinajstić information content (AvgIpc) is 2.82. The number of anilines is 1. The summed E-state index contributed by atoms with van der Waals surface area (Å²) >= 11 is 0. The zero-order valence-electron chi connectivity index (χ0n) is 10.6. The molecule has 2 aromatic rings. The van der Waals surface area contributed by atoms with Gasteiger partial charge in [0.05, 0.1) is 7.11 Å². The number of hydrogen-bond donors (Lipinski definition) is 2. The highest BCUT2D eigenvalue weighted by atomic mass is 16.5. The predicted molar refractivity (Wildman–Crippen MR) is 68.2 cm³/mol. The van der Waals surface area contributed by atoms with Crippen LogP contribution in [0.15, 0.2) is 24.3 Å². The van der Waals surface area contributed by atoms with Crippen LogP contribution in [0.3, 0.4) is 0 Å². The molecule has 1 heterocycles. The third-order valence-corrected chi connectivity index (χ3v) is 2.28. The molecule has 0 atom stereocenters. The zero-order valence-corrected chi connectivity index (χ0v) is 10.6. The smallest absolute Gasteiger partial charge is 0.264 e. The van der Waals surface area contributed by atoms with Crippen molar-refractivity contribution in [1.29, 1.82) is 0 Å². The number of aryl methyl sites for hydroxylation is 1. The van der Waals surface area contributed by atoms with Gasteiger partial charge < -0.3 is 9.47 Å². The van der Waals surface area contributed by atoms with Gasteiger partial charge >= 0.3 is 0 Å². The second kappa shape index (κ2) is 5.85. The highest BCUT2D eigenvalue weighted by Gasteiger charge is 2.07. The maximum atomic E-state index is 11.6. The lowest BCUT2D eigenvalue weighted by Crippen LogP contribution is -2.20. The van der Waals surface area contributed by atoms with Crippen LogP contribution < -0.4 is 14.8 Å². The van der Waals surface area contributed by atoms with Gasteiger partial charge in [-0.2, -0.15) is 4.98 Å². The summed E-state index contributed by atoms with van der Waals surface area (Å²) in [7, 11) is 1.59. The van der Waals surface area contributed by atoms with E-state index in [2.05, 4.69) is 20.5 Å². The maximum Gasteiger partial charge on any atom is 0.264 e. The van der Waals surface area contributed by atoms with Crippen LogP contribution in [0.2, 0.25) is 0 Å². The number of methoxy groups -OCH3 is 1. The van der Waals surface area contributed by atoms with Crippen molar-refractivity contribution in [3.63, 3.8) is 0 Å². The number of H-pyrrole nitrogens is 1. The summed E-state index contributed by atoms with van der Waals surface area (Å²) in [4.78, 5) is 15.5. The molecule has 1 aromatic heterocycles. The summed E-state index contributed by atoms with van der Waals surface area (Å²) in [5.74, 6) is 1.86. The Kier molecular flexibility index (Phi) is 3.97. The van der Waals surface area contributed by atoms with Crippen LogP contribution in [0.1, 0.15) is 5.82 Å².